The van der Waals surface area contributed by atoms with Gasteiger partial charge in [0.15, 0.2) is 0 Å². The maximum atomic E-state index is 11.7. The molecule has 0 unspecified atom stereocenters. The van der Waals surface area contributed by atoms with Crippen molar-refractivity contribution in [1.29, 1.82) is 0 Å². The molecule has 0 saturated heterocycles. The SMILES string of the molecule is CCOCC(=O)Nc1cc(Cl)ccc1-n1cncn1. The second-order valence-corrected chi connectivity index (χ2v) is 4.12. The van der Waals surface area contributed by atoms with Gasteiger partial charge in [-0.2, -0.15) is 5.10 Å². The first kappa shape index (κ1) is 13.5. The minimum Gasteiger partial charge on any atom is -0.372 e. The maximum Gasteiger partial charge on any atom is 0.250 e. The van der Waals surface area contributed by atoms with E-state index in [0.717, 1.165) is 0 Å². The highest BCUT2D eigenvalue weighted by molar-refractivity contribution is 6.31. The fourth-order valence-corrected chi connectivity index (χ4v) is 1.69. The molecule has 1 aromatic carbocycles. The lowest BCUT2D eigenvalue weighted by Gasteiger charge is -2.11. The van der Waals surface area contributed by atoms with Gasteiger partial charge in [0.05, 0.1) is 11.4 Å². The molecule has 7 heteroatoms. The predicted molar refractivity (Wildman–Crippen MR) is 71.5 cm³/mol. The highest BCUT2D eigenvalue weighted by Crippen LogP contribution is 2.23. The van der Waals surface area contributed by atoms with Crippen molar-refractivity contribution < 1.29 is 9.53 Å². The van der Waals surface area contributed by atoms with Crippen molar-refractivity contribution in [2.75, 3.05) is 18.5 Å². The van der Waals surface area contributed by atoms with E-state index in [-0.39, 0.29) is 12.5 Å². The second kappa shape index (κ2) is 6.31. The largest absolute Gasteiger partial charge is 0.372 e. The van der Waals surface area contributed by atoms with Gasteiger partial charge in [0.1, 0.15) is 19.3 Å². The van der Waals surface area contributed by atoms with Crippen molar-refractivity contribution in [1.82, 2.24) is 14.8 Å². The number of carbonyl (C=O) groups excluding carboxylic acids is 1. The third-order valence-electron chi connectivity index (χ3n) is 2.34. The quantitative estimate of drug-likeness (QED) is 0.908. The molecule has 1 heterocycles. The third kappa shape index (κ3) is 3.52. The highest BCUT2D eigenvalue weighted by atomic mass is 35.5. The fraction of sp³-hybridized carbons (Fsp3) is 0.250. The first-order valence-electron chi connectivity index (χ1n) is 5.73. The van der Waals surface area contributed by atoms with E-state index >= 15 is 0 Å². The number of benzene rings is 1. The summed E-state index contributed by atoms with van der Waals surface area (Å²) < 4.78 is 6.60. The van der Waals surface area contributed by atoms with E-state index in [0.29, 0.717) is 23.0 Å². The molecule has 0 aliphatic heterocycles. The van der Waals surface area contributed by atoms with Crippen LogP contribution in [-0.4, -0.2) is 33.9 Å². The van der Waals surface area contributed by atoms with Crippen LogP contribution in [0.5, 0.6) is 0 Å². The number of nitrogens with zero attached hydrogens (tertiary/aromatic N) is 3. The van der Waals surface area contributed by atoms with Gasteiger partial charge in [0.2, 0.25) is 5.91 Å². The zero-order valence-electron chi connectivity index (χ0n) is 10.3. The lowest BCUT2D eigenvalue weighted by atomic mass is 10.2. The molecule has 0 fully saturated rings. The molecule has 1 aromatic heterocycles. The number of hydrogen-bond donors (Lipinski definition) is 1. The number of nitrogens with one attached hydrogen (secondary N) is 1. The van der Waals surface area contributed by atoms with Crippen molar-refractivity contribution in [2.24, 2.45) is 0 Å². The molecule has 1 N–H and O–H groups in total. The van der Waals surface area contributed by atoms with Gasteiger partial charge in [-0.3, -0.25) is 4.79 Å². The standard InChI is InChI=1S/C12H13ClN4O2/c1-2-19-6-12(18)16-10-5-9(13)3-4-11(10)17-8-14-7-15-17/h3-5,7-8H,2,6H2,1H3,(H,16,18). The molecule has 6 nitrogen and oxygen atoms in total. The van der Waals surface area contributed by atoms with Crippen LogP contribution in [0.3, 0.4) is 0 Å². The average molecular weight is 281 g/mol. The van der Waals surface area contributed by atoms with E-state index in [1.54, 1.807) is 29.2 Å². The molecule has 0 bridgehead atoms. The number of amides is 1. The van der Waals surface area contributed by atoms with E-state index in [9.17, 15) is 4.79 Å². The Bertz CT molecular complexity index is 557. The predicted octanol–water partition coefficient (Wildman–Crippen LogP) is 1.90. The Hall–Kier alpha value is -1.92. The molecule has 1 amide bonds. The summed E-state index contributed by atoms with van der Waals surface area (Å²) in [6.45, 7) is 2.31. The Labute approximate surface area is 115 Å². The van der Waals surface area contributed by atoms with Gasteiger partial charge in [-0.25, -0.2) is 9.67 Å². The van der Waals surface area contributed by atoms with Crippen LogP contribution in [0.15, 0.2) is 30.9 Å². The van der Waals surface area contributed by atoms with Gasteiger partial charge in [0, 0.05) is 11.6 Å². The van der Waals surface area contributed by atoms with Crippen LogP contribution < -0.4 is 5.32 Å². The summed E-state index contributed by atoms with van der Waals surface area (Å²) in [5, 5.41) is 7.29. The highest BCUT2D eigenvalue weighted by Gasteiger charge is 2.09. The summed E-state index contributed by atoms with van der Waals surface area (Å²) >= 11 is 5.94. The monoisotopic (exact) mass is 280 g/mol. The smallest absolute Gasteiger partial charge is 0.250 e. The molecule has 19 heavy (non-hydrogen) atoms. The zero-order chi connectivity index (χ0) is 13.7. The fourth-order valence-electron chi connectivity index (χ4n) is 1.52. The molecule has 0 radical (unpaired) electrons. The van der Waals surface area contributed by atoms with E-state index < -0.39 is 0 Å². The first-order chi connectivity index (χ1) is 9.20. The van der Waals surface area contributed by atoms with Gasteiger partial charge < -0.3 is 10.1 Å². The second-order valence-electron chi connectivity index (χ2n) is 3.69. The number of rotatable bonds is 5. The lowest BCUT2D eigenvalue weighted by Crippen LogP contribution is -2.19. The van der Waals surface area contributed by atoms with Crippen LogP contribution in [0.2, 0.25) is 5.02 Å². The summed E-state index contributed by atoms with van der Waals surface area (Å²) in [6, 6.07) is 5.13. The molecule has 2 aromatic rings. The molecule has 2 rings (SSSR count). The summed E-state index contributed by atoms with van der Waals surface area (Å²) in [4.78, 5) is 15.6. The van der Waals surface area contributed by atoms with E-state index in [2.05, 4.69) is 15.4 Å². The molecule has 0 spiro atoms. The Kier molecular flexibility index (Phi) is 4.48. The Morgan fingerprint density at radius 3 is 3.05 bits per heavy atom. The minimum absolute atomic E-state index is 0.000188. The first-order valence-corrected chi connectivity index (χ1v) is 6.10. The van der Waals surface area contributed by atoms with Crippen LogP contribution in [-0.2, 0) is 9.53 Å². The van der Waals surface area contributed by atoms with Crippen molar-refractivity contribution in [3.63, 3.8) is 0 Å². The Morgan fingerprint density at radius 1 is 1.53 bits per heavy atom. The molecule has 0 aliphatic rings. The van der Waals surface area contributed by atoms with E-state index in [4.69, 9.17) is 16.3 Å². The number of anilines is 1. The van der Waals surface area contributed by atoms with Crippen molar-refractivity contribution in [3.8, 4) is 5.69 Å². The van der Waals surface area contributed by atoms with Gasteiger partial charge in [0.25, 0.3) is 0 Å². The molecular formula is C12H13ClN4O2. The lowest BCUT2D eigenvalue weighted by molar-refractivity contribution is -0.120. The summed E-state index contributed by atoms with van der Waals surface area (Å²) in [5.74, 6) is -0.245. The van der Waals surface area contributed by atoms with Crippen molar-refractivity contribution >= 4 is 23.2 Å². The van der Waals surface area contributed by atoms with E-state index in [1.807, 2.05) is 6.92 Å². The number of ether oxygens (including phenoxy) is 1. The number of carbonyl (C=O) groups is 1. The number of aromatic nitrogens is 3. The maximum absolute atomic E-state index is 11.7. The Balaban J connectivity index is 2.23. The van der Waals surface area contributed by atoms with Gasteiger partial charge in [-0.05, 0) is 25.1 Å². The molecule has 0 aliphatic carbocycles. The van der Waals surface area contributed by atoms with Gasteiger partial charge in [-0.15, -0.1) is 0 Å². The number of halogens is 1. The average Bonchev–Trinajstić information content (AvgIpc) is 2.90. The van der Waals surface area contributed by atoms with Crippen LogP contribution in [0, 0.1) is 0 Å². The van der Waals surface area contributed by atoms with Gasteiger partial charge >= 0.3 is 0 Å². The van der Waals surface area contributed by atoms with Gasteiger partial charge in [-0.1, -0.05) is 11.6 Å². The minimum atomic E-state index is -0.245. The molecular weight excluding hydrogens is 268 g/mol. The third-order valence-corrected chi connectivity index (χ3v) is 2.57. The van der Waals surface area contributed by atoms with Crippen LogP contribution >= 0.6 is 11.6 Å². The molecule has 0 saturated carbocycles. The van der Waals surface area contributed by atoms with Crippen LogP contribution in [0.1, 0.15) is 6.92 Å². The van der Waals surface area contributed by atoms with Crippen molar-refractivity contribution in [3.05, 3.63) is 35.9 Å². The number of hydrogen-bond acceptors (Lipinski definition) is 4. The Morgan fingerprint density at radius 2 is 2.37 bits per heavy atom. The topological polar surface area (TPSA) is 69.0 Å². The summed E-state index contributed by atoms with van der Waals surface area (Å²) in [5.41, 5.74) is 1.24. The van der Waals surface area contributed by atoms with Crippen LogP contribution in [0.4, 0.5) is 5.69 Å². The normalized spacial score (nSPS) is 10.4. The zero-order valence-corrected chi connectivity index (χ0v) is 11.1. The summed E-state index contributed by atoms with van der Waals surface area (Å²) in [6.07, 6.45) is 2.96. The van der Waals surface area contributed by atoms with Crippen molar-refractivity contribution in [2.45, 2.75) is 6.92 Å². The molecule has 100 valence electrons. The van der Waals surface area contributed by atoms with E-state index in [1.165, 1.54) is 6.33 Å². The summed E-state index contributed by atoms with van der Waals surface area (Å²) in [7, 11) is 0. The van der Waals surface area contributed by atoms with Crippen LogP contribution in [0.25, 0.3) is 5.69 Å². The molecule has 0 atom stereocenters.